The van der Waals surface area contributed by atoms with Crippen LogP contribution < -0.4 is 24.4 Å². The molecule has 10 nitrogen and oxygen atoms in total. The molecule has 0 radical (unpaired) electrons. The number of ether oxygens (including phenoxy) is 4. The fraction of sp³-hybridized carbons (Fsp3) is 0.250. The molecule has 11 heteroatoms. The molecule has 0 amide bonds. The number of methoxy groups -OCH3 is 2. The minimum absolute atomic E-state index is 0.158. The molecule has 5 rings (SSSR count). The number of hydrogen-bond donors (Lipinski definition) is 0. The van der Waals surface area contributed by atoms with E-state index in [1.807, 2.05) is 6.07 Å². The number of nitrogens with zero attached hydrogens (tertiary/aromatic N) is 2. The van der Waals surface area contributed by atoms with Crippen LogP contribution in [0.1, 0.15) is 48.5 Å². The van der Waals surface area contributed by atoms with Gasteiger partial charge < -0.3 is 23.4 Å². The first-order chi connectivity index (χ1) is 20.8. The summed E-state index contributed by atoms with van der Waals surface area (Å²) in [6.45, 7) is 5.61. The average molecular weight is 603 g/mol. The normalized spacial score (nSPS) is 14.6. The van der Waals surface area contributed by atoms with Gasteiger partial charge in [0.05, 0.1) is 48.8 Å². The first-order valence-electron chi connectivity index (χ1n) is 13.6. The Morgan fingerprint density at radius 2 is 1.77 bits per heavy atom. The highest BCUT2D eigenvalue weighted by Gasteiger charge is 2.35. The van der Waals surface area contributed by atoms with Crippen LogP contribution in [-0.2, 0) is 14.3 Å². The topological polar surface area (TPSA) is 119 Å². The first kappa shape index (κ1) is 29.6. The molecule has 222 valence electrons. The van der Waals surface area contributed by atoms with Crippen molar-refractivity contribution in [1.29, 1.82) is 0 Å². The van der Waals surface area contributed by atoms with Crippen molar-refractivity contribution in [3.63, 3.8) is 0 Å². The SMILES string of the molecule is CCOC(=O)C1=C(C)N=c2s/c(=C\c3ccc(-c4cccc(C(=O)OCC)c4)o3)c(=O)n2[C@H]1c1cc(OC)ccc1OC. The highest BCUT2D eigenvalue weighted by molar-refractivity contribution is 7.07. The second kappa shape index (κ2) is 12.5. The maximum Gasteiger partial charge on any atom is 0.338 e. The van der Waals surface area contributed by atoms with Crippen LogP contribution in [0.25, 0.3) is 17.4 Å². The third-order valence-corrected chi connectivity index (χ3v) is 7.79. The molecule has 0 unspecified atom stereocenters. The Hall–Kier alpha value is -4.90. The van der Waals surface area contributed by atoms with Gasteiger partial charge in [-0.05, 0) is 63.2 Å². The van der Waals surface area contributed by atoms with Crippen molar-refractivity contribution >= 4 is 29.4 Å². The molecule has 0 fully saturated rings. The van der Waals surface area contributed by atoms with Crippen LogP contribution in [-0.4, -0.2) is 43.9 Å². The standard InChI is InChI=1S/C32H30N2O8S/c1-6-40-30(36)20-10-8-9-19(15-20)24-13-12-22(42-24)17-26-29(35)34-28(23-16-21(38-4)11-14-25(23)39-5)27(31(37)41-7-2)18(3)33-32(34)43-26/h8-17,28H,6-7H2,1-5H3/b26-17-/t28-/m0/s1. The van der Waals surface area contributed by atoms with Crippen molar-refractivity contribution in [3.05, 3.63) is 102 Å². The van der Waals surface area contributed by atoms with Crippen molar-refractivity contribution in [2.45, 2.75) is 26.8 Å². The lowest BCUT2D eigenvalue weighted by Crippen LogP contribution is -2.40. The average Bonchev–Trinajstić information content (AvgIpc) is 3.60. The Bertz CT molecular complexity index is 1910. The summed E-state index contributed by atoms with van der Waals surface area (Å²) < 4.78 is 29.4. The summed E-state index contributed by atoms with van der Waals surface area (Å²) in [5.41, 5.74) is 1.94. The molecular weight excluding hydrogens is 572 g/mol. The van der Waals surface area contributed by atoms with Gasteiger partial charge in [0.1, 0.15) is 29.1 Å². The Morgan fingerprint density at radius 3 is 2.49 bits per heavy atom. The first-order valence-corrected chi connectivity index (χ1v) is 14.4. The van der Waals surface area contributed by atoms with Gasteiger partial charge in [0.15, 0.2) is 4.80 Å². The van der Waals surface area contributed by atoms with Crippen molar-refractivity contribution in [2.75, 3.05) is 27.4 Å². The predicted molar refractivity (Wildman–Crippen MR) is 160 cm³/mol. The highest BCUT2D eigenvalue weighted by atomic mass is 32.1. The molecule has 3 heterocycles. The summed E-state index contributed by atoms with van der Waals surface area (Å²) in [7, 11) is 3.06. The third-order valence-electron chi connectivity index (χ3n) is 6.81. The Labute approximate surface area is 251 Å². The number of furan rings is 1. The number of carbonyl (C=O) groups is 2. The Morgan fingerprint density at radius 1 is 1.00 bits per heavy atom. The van der Waals surface area contributed by atoms with Crippen molar-refractivity contribution in [2.24, 2.45) is 4.99 Å². The number of hydrogen-bond acceptors (Lipinski definition) is 10. The molecule has 2 aromatic heterocycles. The number of esters is 2. The monoisotopic (exact) mass is 602 g/mol. The van der Waals surface area contributed by atoms with Gasteiger partial charge in [-0.25, -0.2) is 14.6 Å². The quantitative estimate of drug-likeness (QED) is 0.261. The Kier molecular flexibility index (Phi) is 8.63. The van der Waals surface area contributed by atoms with E-state index in [1.54, 1.807) is 75.4 Å². The van der Waals surface area contributed by atoms with Gasteiger partial charge in [-0.2, -0.15) is 0 Å². The van der Waals surface area contributed by atoms with E-state index in [0.717, 1.165) is 0 Å². The molecule has 0 saturated heterocycles. The van der Waals surface area contributed by atoms with E-state index >= 15 is 0 Å². The van der Waals surface area contributed by atoms with Gasteiger partial charge in [0, 0.05) is 17.2 Å². The van der Waals surface area contributed by atoms with E-state index in [2.05, 4.69) is 4.99 Å². The van der Waals surface area contributed by atoms with Gasteiger partial charge in [-0.15, -0.1) is 0 Å². The molecule has 1 aliphatic heterocycles. The fourth-order valence-corrected chi connectivity index (χ4v) is 5.89. The maximum atomic E-state index is 14.0. The molecule has 0 bridgehead atoms. The van der Waals surface area contributed by atoms with Crippen molar-refractivity contribution < 1.29 is 33.0 Å². The summed E-state index contributed by atoms with van der Waals surface area (Å²) in [6, 6.07) is 14.8. The van der Waals surface area contributed by atoms with Crippen LogP contribution in [0.5, 0.6) is 11.5 Å². The van der Waals surface area contributed by atoms with Crippen LogP contribution >= 0.6 is 11.3 Å². The largest absolute Gasteiger partial charge is 0.497 e. The highest BCUT2D eigenvalue weighted by Crippen LogP contribution is 2.37. The van der Waals surface area contributed by atoms with Crippen LogP contribution in [0.4, 0.5) is 0 Å². The van der Waals surface area contributed by atoms with E-state index in [1.165, 1.54) is 30.1 Å². The smallest absolute Gasteiger partial charge is 0.338 e. The molecule has 0 N–H and O–H groups in total. The van der Waals surface area contributed by atoms with E-state index in [-0.39, 0.29) is 24.3 Å². The molecule has 1 atom stereocenters. The number of rotatable bonds is 9. The Balaban J connectivity index is 1.62. The minimum atomic E-state index is -0.875. The van der Waals surface area contributed by atoms with Gasteiger partial charge in [0.25, 0.3) is 5.56 Å². The van der Waals surface area contributed by atoms with E-state index < -0.39 is 18.0 Å². The molecule has 0 saturated carbocycles. The summed E-state index contributed by atoms with van der Waals surface area (Å²) in [5.74, 6) is 0.956. The molecule has 43 heavy (non-hydrogen) atoms. The summed E-state index contributed by atoms with van der Waals surface area (Å²) in [5, 5.41) is 0. The number of allylic oxidation sites excluding steroid dienone is 1. The number of carbonyl (C=O) groups excluding carboxylic acids is 2. The zero-order valence-corrected chi connectivity index (χ0v) is 25.2. The van der Waals surface area contributed by atoms with Gasteiger partial charge >= 0.3 is 11.9 Å². The number of aromatic nitrogens is 1. The van der Waals surface area contributed by atoms with Crippen molar-refractivity contribution in [1.82, 2.24) is 4.57 Å². The van der Waals surface area contributed by atoms with Crippen LogP contribution in [0.2, 0.25) is 0 Å². The minimum Gasteiger partial charge on any atom is -0.497 e. The lowest BCUT2D eigenvalue weighted by atomic mass is 9.95. The molecule has 0 aliphatic carbocycles. The second-order valence-corrected chi connectivity index (χ2v) is 10.4. The van der Waals surface area contributed by atoms with Crippen LogP contribution in [0, 0.1) is 0 Å². The number of fused-ring (bicyclic) bond motifs is 1. The summed E-state index contributed by atoms with van der Waals surface area (Å²) >= 11 is 1.18. The molecule has 1 aliphatic rings. The molecular formula is C32H30N2O8S. The van der Waals surface area contributed by atoms with E-state index in [4.69, 9.17) is 23.4 Å². The van der Waals surface area contributed by atoms with Crippen LogP contribution in [0.3, 0.4) is 0 Å². The predicted octanol–water partition coefficient (Wildman–Crippen LogP) is 4.25. The number of thiazole rings is 1. The van der Waals surface area contributed by atoms with Gasteiger partial charge in [-0.3, -0.25) is 9.36 Å². The molecule has 4 aromatic rings. The van der Waals surface area contributed by atoms with Crippen molar-refractivity contribution in [3.8, 4) is 22.8 Å². The summed E-state index contributed by atoms with van der Waals surface area (Å²) in [4.78, 5) is 44.4. The molecule has 2 aromatic carbocycles. The van der Waals surface area contributed by atoms with Gasteiger partial charge in [-0.1, -0.05) is 23.5 Å². The lowest BCUT2D eigenvalue weighted by Gasteiger charge is -2.26. The van der Waals surface area contributed by atoms with E-state index in [9.17, 15) is 14.4 Å². The fourth-order valence-electron chi connectivity index (χ4n) is 4.87. The second-order valence-electron chi connectivity index (χ2n) is 9.41. The zero-order valence-electron chi connectivity index (χ0n) is 24.3. The lowest BCUT2D eigenvalue weighted by molar-refractivity contribution is -0.139. The third kappa shape index (κ3) is 5.76. The zero-order chi connectivity index (χ0) is 30.7. The van der Waals surface area contributed by atoms with Gasteiger partial charge in [0.2, 0.25) is 0 Å². The maximum absolute atomic E-state index is 14.0. The van der Waals surface area contributed by atoms with E-state index in [0.29, 0.717) is 54.7 Å². The number of benzene rings is 2. The summed E-state index contributed by atoms with van der Waals surface area (Å²) in [6.07, 6.45) is 1.63. The molecule has 0 spiro atoms. The van der Waals surface area contributed by atoms with Crippen LogP contribution in [0.15, 0.2) is 80.1 Å².